The molecule has 0 N–H and O–H groups in total. The van der Waals surface area contributed by atoms with Crippen LogP contribution in [0.4, 0.5) is 0 Å². The lowest BCUT2D eigenvalue weighted by Gasteiger charge is -2.42. The number of fused-ring (bicyclic) bond motifs is 2. The maximum Gasteiger partial charge on any atom is 0.127 e. The highest BCUT2D eigenvalue weighted by atomic mass is 16.5. The molecule has 1 heteroatoms. The van der Waals surface area contributed by atoms with Gasteiger partial charge in [0.2, 0.25) is 0 Å². The minimum Gasteiger partial charge on any atom is -0.491 e. The van der Waals surface area contributed by atoms with E-state index in [1.54, 1.807) is 11.1 Å². The largest absolute Gasteiger partial charge is 0.491 e. The van der Waals surface area contributed by atoms with Crippen LogP contribution in [-0.4, -0.2) is 5.60 Å². The average molecular weight is 204 g/mol. The molecule has 2 saturated carbocycles. The summed E-state index contributed by atoms with van der Waals surface area (Å²) in [7, 11) is 0. The Hall–Kier alpha value is -0.720. The van der Waals surface area contributed by atoms with Crippen LogP contribution in [0.3, 0.4) is 0 Å². The summed E-state index contributed by atoms with van der Waals surface area (Å²) < 4.78 is 6.02. The van der Waals surface area contributed by atoms with Crippen LogP contribution in [0.25, 0.3) is 0 Å². The van der Waals surface area contributed by atoms with E-state index in [0.29, 0.717) is 0 Å². The van der Waals surface area contributed by atoms with Gasteiger partial charge >= 0.3 is 0 Å². The average Bonchev–Trinajstić information content (AvgIpc) is 2.28. The van der Waals surface area contributed by atoms with E-state index in [1.807, 2.05) is 0 Å². The molecule has 1 aliphatic heterocycles. The van der Waals surface area contributed by atoms with Crippen LogP contribution in [0.1, 0.15) is 58.3 Å². The second kappa shape index (κ2) is 3.40. The molecule has 3 aliphatic rings. The van der Waals surface area contributed by atoms with E-state index in [0.717, 1.165) is 0 Å². The highest BCUT2D eigenvalue weighted by molar-refractivity contribution is 5.43. The van der Waals surface area contributed by atoms with Crippen molar-refractivity contribution < 1.29 is 4.74 Å². The Morgan fingerprint density at radius 3 is 2.80 bits per heavy atom. The van der Waals surface area contributed by atoms with Crippen molar-refractivity contribution in [2.45, 2.75) is 63.9 Å². The molecule has 15 heavy (non-hydrogen) atoms. The van der Waals surface area contributed by atoms with Gasteiger partial charge in [-0.05, 0) is 75.0 Å². The van der Waals surface area contributed by atoms with Gasteiger partial charge in [0.1, 0.15) is 5.60 Å². The molecule has 0 amide bonds. The minimum absolute atomic E-state index is 0.0639. The van der Waals surface area contributed by atoms with Crippen LogP contribution in [0.15, 0.2) is 23.0 Å². The molecule has 2 fully saturated rings. The molecule has 0 aromatic carbocycles. The van der Waals surface area contributed by atoms with Gasteiger partial charge in [-0.25, -0.2) is 0 Å². The third-order valence-electron chi connectivity index (χ3n) is 4.31. The highest BCUT2D eigenvalue weighted by Gasteiger charge is 2.38. The lowest BCUT2D eigenvalue weighted by molar-refractivity contribution is 0.0417. The van der Waals surface area contributed by atoms with E-state index in [1.165, 1.54) is 56.9 Å². The molecular formula is C14H20O. The fourth-order valence-corrected chi connectivity index (χ4v) is 3.38. The van der Waals surface area contributed by atoms with E-state index < -0.39 is 0 Å². The zero-order valence-electron chi connectivity index (χ0n) is 9.64. The fraction of sp³-hybridized carbons (Fsp3) is 0.714. The smallest absolute Gasteiger partial charge is 0.127 e. The van der Waals surface area contributed by atoms with Crippen molar-refractivity contribution in [3.8, 4) is 0 Å². The molecule has 1 heterocycles. The van der Waals surface area contributed by atoms with E-state index in [2.05, 4.69) is 13.2 Å². The standard InChI is InChI=1S/C14H20O/c1-14-9-5-4-8-13(14)12-7-3-2-6-11(12)10-15-14/h10H,2-9H2,1H3/t14-/m0/s1. The van der Waals surface area contributed by atoms with Crippen LogP contribution < -0.4 is 0 Å². The first kappa shape index (κ1) is 9.50. The van der Waals surface area contributed by atoms with Gasteiger partial charge in [-0.3, -0.25) is 0 Å². The normalized spacial score (nSPS) is 35.1. The molecule has 0 saturated heterocycles. The molecule has 2 aliphatic carbocycles. The van der Waals surface area contributed by atoms with E-state index >= 15 is 0 Å². The van der Waals surface area contributed by atoms with Gasteiger partial charge in [-0.15, -0.1) is 0 Å². The van der Waals surface area contributed by atoms with Crippen molar-refractivity contribution in [1.82, 2.24) is 0 Å². The van der Waals surface area contributed by atoms with Crippen LogP contribution in [0, 0.1) is 0 Å². The molecule has 0 aromatic rings. The van der Waals surface area contributed by atoms with Crippen LogP contribution in [0.2, 0.25) is 0 Å². The summed E-state index contributed by atoms with van der Waals surface area (Å²) in [6.07, 6.45) is 12.5. The molecule has 0 radical (unpaired) electrons. The summed E-state index contributed by atoms with van der Waals surface area (Å²) in [6.45, 7) is 2.29. The third kappa shape index (κ3) is 1.44. The van der Waals surface area contributed by atoms with E-state index in [-0.39, 0.29) is 5.60 Å². The fourth-order valence-electron chi connectivity index (χ4n) is 3.38. The Balaban J connectivity index is 2.02. The first-order valence-electron chi connectivity index (χ1n) is 6.39. The molecule has 3 rings (SSSR count). The third-order valence-corrected chi connectivity index (χ3v) is 4.31. The van der Waals surface area contributed by atoms with Gasteiger partial charge in [0.15, 0.2) is 0 Å². The number of rotatable bonds is 0. The minimum atomic E-state index is 0.0639. The van der Waals surface area contributed by atoms with Gasteiger partial charge < -0.3 is 4.74 Å². The Labute approximate surface area is 92.2 Å². The predicted molar refractivity (Wildman–Crippen MR) is 61.5 cm³/mol. The molecule has 0 bridgehead atoms. The lowest BCUT2D eigenvalue weighted by atomic mass is 9.73. The van der Waals surface area contributed by atoms with Crippen molar-refractivity contribution in [2.75, 3.05) is 0 Å². The molecule has 0 aromatic heterocycles. The Morgan fingerprint density at radius 2 is 1.87 bits per heavy atom. The summed E-state index contributed by atoms with van der Waals surface area (Å²) in [4.78, 5) is 0. The summed E-state index contributed by atoms with van der Waals surface area (Å²) in [5.74, 6) is 0. The Kier molecular flexibility index (Phi) is 2.15. The van der Waals surface area contributed by atoms with Crippen molar-refractivity contribution in [1.29, 1.82) is 0 Å². The SMILES string of the molecule is C[C@]12CCCCC1=C1CCCCC1=CO2. The summed E-state index contributed by atoms with van der Waals surface area (Å²) in [5.41, 5.74) is 4.89. The molecule has 1 atom stereocenters. The molecular weight excluding hydrogens is 184 g/mol. The zero-order valence-corrected chi connectivity index (χ0v) is 9.64. The van der Waals surface area contributed by atoms with Crippen molar-refractivity contribution >= 4 is 0 Å². The lowest BCUT2D eigenvalue weighted by Crippen LogP contribution is -2.36. The number of allylic oxidation sites excluding steroid dienone is 2. The van der Waals surface area contributed by atoms with Gasteiger partial charge in [0, 0.05) is 0 Å². The van der Waals surface area contributed by atoms with E-state index in [4.69, 9.17) is 4.74 Å². The topological polar surface area (TPSA) is 9.23 Å². The summed E-state index contributed by atoms with van der Waals surface area (Å²) >= 11 is 0. The number of hydrogen-bond donors (Lipinski definition) is 0. The van der Waals surface area contributed by atoms with Crippen LogP contribution in [-0.2, 0) is 4.74 Å². The van der Waals surface area contributed by atoms with E-state index in [9.17, 15) is 0 Å². The molecule has 0 spiro atoms. The van der Waals surface area contributed by atoms with Gasteiger partial charge in [-0.2, -0.15) is 0 Å². The van der Waals surface area contributed by atoms with Crippen LogP contribution >= 0.6 is 0 Å². The van der Waals surface area contributed by atoms with Crippen LogP contribution in [0.5, 0.6) is 0 Å². The Morgan fingerprint density at radius 1 is 1.07 bits per heavy atom. The van der Waals surface area contributed by atoms with Gasteiger partial charge in [0.25, 0.3) is 0 Å². The van der Waals surface area contributed by atoms with Crippen molar-refractivity contribution in [2.24, 2.45) is 0 Å². The summed E-state index contributed by atoms with van der Waals surface area (Å²) in [6, 6.07) is 0. The molecule has 82 valence electrons. The second-order valence-electron chi connectivity index (χ2n) is 5.36. The maximum atomic E-state index is 6.02. The first-order valence-corrected chi connectivity index (χ1v) is 6.39. The number of ether oxygens (including phenoxy) is 1. The zero-order chi connectivity index (χ0) is 10.3. The Bertz CT molecular complexity index is 337. The quantitative estimate of drug-likeness (QED) is 0.577. The summed E-state index contributed by atoms with van der Waals surface area (Å²) in [5, 5.41) is 0. The van der Waals surface area contributed by atoms with Crippen molar-refractivity contribution in [3.63, 3.8) is 0 Å². The predicted octanol–water partition coefficient (Wildman–Crippen LogP) is 4.10. The van der Waals surface area contributed by atoms with Gasteiger partial charge in [-0.1, -0.05) is 0 Å². The maximum absolute atomic E-state index is 6.02. The monoisotopic (exact) mass is 204 g/mol. The highest BCUT2D eigenvalue weighted by Crippen LogP contribution is 2.46. The molecule has 1 nitrogen and oxygen atoms in total. The second-order valence-corrected chi connectivity index (χ2v) is 5.36. The van der Waals surface area contributed by atoms with Gasteiger partial charge in [0.05, 0.1) is 6.26 Å². The van der Waals surface area contributed by atoms with Crippen molar-refractivity contribution in [3.05, 3.63) is 23.0 Å². The first-order chi connectivity index (χ1) is 7.30. The number of hydrogen-bond acceptors (Lipinski definition) is 1. The molecule has 0 unspecified atom stereocenters.